The second kappa shape index (κ2) is 6.76. The first-order valence-electron chi connectivity index (χ1n) is 5.10. The lowest BCUT2D eigenvalue weighted by Gasteiger charge is -2.25. The Hall–Kier alpha value is -0.650. The van der Waals surface area contributed by atoms with E-state index in [1.54, 1.807) is 21.0 Å². The van der Waals surface area contributed by atoms with Crippen molar-refractivity contribution in [1.82, 2.24) is 5.32 Å². The zero-order chi connectivity index (χ0) is 11.9. The summed E-state index contributed by atoms with van der Waals surface area (Å²) in [5.41, 5.74) is 5.06. The molecule has 0 radical (unpaired) electrons. The lowest BCUT2D eigenvalue weighted by molar-refractivity contribution is -0.124. The van der Waals surface area contributed by atoms with Crippen LogP contribution in [0.4, 0.5) is 0 Å². The lowest BCUT2D eigenvalue weighted by Crippen LogP contribution is -2.52. The number of carbonyl (C=O) groups is 1. The Labute approximate surface area is 91.0 Å². The molecule has 0 bridgehead atoms. The molecule has 1 atom stereocenters. The normalized spacial score (nSPS) is 13.7. The minimum atomic E-state index is -0.615. The zero-order valence-corrected chi connectivity index (χ0v) is 9.75. The maximum absolute atomic E-state index is 11.5. The molecule has 5 heteroatoms. The maximum atomic E-state index is 11.5. The summed E-state index contributed by atoms with van der Waals surface area (Å²) in [4.78, 5) is 11.5. The molecule has 0 heterocycles. The SMILES string of the molecule is COCCCC(N)C(=O)NC(C)(C)CO. The summed E-state index contributed by atoms with van der Waals surface area (Å²) in [5.74, 6) is -0.231. The van der Waals surface area contributed by atoms with E-state index in [1.807, 2.05) is 0 Å². The Morgan fingerprint density at radius 2 is 2.20 bits per heavy atom. The van der Waals surface area contributed by atoms with Crippen LogP contribution in [0, 0.1) is 0 Å². The number of aliphatic hydroxyl groups excluding tert-OH is 1. The maximum Gasteiger partial charge on any atom is 0.237 e. The highest BCUT2D eigenvalue weighted by molar-refractivity contribution is 5.82. The Morgan fingerprint density at radius 3 is 2.67 bits per heavy atom. The summed E-state index contributed by atoms with van der Waals surface area (Å²) in [6, 6.07) is -0.536. The number of rotatable bonds is 7. The van der Waals surface area contributed by atoms with Crippen molar-refractivity contribution in [3.05, 3.63) is 0 Å². The second-order valence-corrected chi connectivity index (χ2v) is 4.27. The molecule has 0 fully saturated rings. The van der Waals surface area contributed by atoms with E-state index in [4.69, 9.17) is 15.6 Å². The smallest absolute Gasteiger partial charge is 0.237 e. The number of amides is 1. The van der Waals surface area contributed by atoms with Crippen molar-refractivity contribution in [2.24, 2.45) is 5.73 Å². The van der Waals surface area contributed by atoms with Crippen molar-refractivity contribution >= 4 is 5.91 Å². The third kappa shape index (κ3) is 6.43. The van der Waals surface area contributed by atoms with Crippen molar-refractivity contribution < 1.29 is 14.6 Å². The zero-order valence-electron chi connectivity index (χ0n) is 9.75. The van der Waals surface area contributed by atoms with Gasteiger partial charge in [0.1, 0.15) is 0 Å². The molecule has 1 unspecified atom stereocenters. The fraction of sp³-hybridized carbons (Fsp3) is 0.900. The number of ether oxygens (including phenoxy) is 1. The monoisotopic (exact) mass is 218 g/mol. The molecule has 0 aliphatic carbocycles. The predicted octanol–water partition coefficient (Wildman–Crippen LogP) is -0.373. The highest BCUT2D eigenvalue weighted by atomic mass is 16.5. The van der Waals surface area contributed by atoms with E-state index in [2.05, 4.69) is 5.32 Å². The minimum absolute atomic E-state index is 0.108. The van der Waals surface area contributed by atoms with Crippen LogP contribution < -0.4 is 11.1 Å². The van der Waals surface area contributed by atoms with E-state index in [9.17, 15) is 4.79 Å². The van der Waals surface area contributed by atoms with Crippen LogP contribution in [0.25, 0.3) is 0 Å². The molecular formula is C10H22N2O3. The molecule has 0 rings (SSSR count). The molecule has 5 nitrogen and oxygen atoms in total. The average molecular weight is 218 g/mol. The summed E-state index contributed by atoms with van der Waals surface area (Å²) in [6.45, 7) is 3.98. The molecule has 0 saturated carbocycles. The number of methoxy groups -OCH3 is 1. The first-order valence-corrected chi connectivity index (χ1v) is 5.10. The molecule has 90 valence electrons. The Morgan fingerprint density at radius 1 is 1.60 bits per heavy atom. The highest BCUT2D eigenvalue weighted by Crippen LogP contribution is 2.02. The van der Waals surface area contributed by atoms with Crippen molar-refractivity contribution in [3.63, 3.8) is 0 Å². The van der Waals surface area contributed by atoms with Gasteiger partial charge in [-0.15, -0.1) is 0 Å². The quantitative estimate of drug-likeness (QED) is 0.509. The van der Waals surface area contributed by atoms with Crippen LogP contribution in [-0.4, -0.2) is 42.9 Å². The number of nitrogens with two attached hydrogens (primary N) is 1. The van der Waals surface area contributed by atoms with E-state index in [-0.39, 0.29) is 12.5 Å². The summed E-state index contributed by atoms with van der Waals surface area (Å²) in [6.07, 6.45) is 1.34. The van der Waals surface area contributed by atoms with Gasteiger partial charge in [-0.25, -0.2) is 0 Å². The van der Waals surface area contributed by atoms with Crippen LogP contribution >= 0.6 is 0 Å². The van der Waals surface area contributed by atoms with Crippen LogP contribution in [0.5, 0.6) is 0 Å². The molecule has 4 N–H and O–H groups in total. The number of carbonyl (C=O) groups excluding carboxylic acids is 1. The van der Waals surface area contributed by atoms with Gasteiger partial charge in [0, 0.05) is 13.7 Å². The van der Waals surface area contributed by atoms with Crippen molar-refractivity contribution in [2.45, 2.75) is 38.3 Å². The topological polar surface area (TPSA) is 84.6 Å². The van der Waals surface area contributed by atoms with Crippen LogP contribution in [0.2, 0.25) is 0 Å². The van der Waals surface area contributed by atoms with E-state index in [0.717, 1.165) is 6.42 Å². The van der Waals surface area contributed by atoms with E-state index >= 15 is 0 Å². The third-order valence-corrected chi connectivity index (χ3v) is 2.06. The van der Waals surface area contributed by atoms with Gasteiger partial charge in [0.15, 0.2) is 0 Å². The Kier molecular flexibility index (Phi) is 6.47. The summed E-state index contributed by atoms with van der Waals surface area (Å²) < 4.78 is 4.87. The highest BCUT2D eigenvalue weighted by Gasteiger charge is 2.22. The van der Waals surface area contributed by atoms with Crippen LogP contribution in [0.15, 0.2) is 0 Å². The van der Waals surface area contributed by atoms with E-state index in [0.29, 0.717) is 13.0 Å². The molecule has 0 aromatic carbocycles. The standard InChI is InChI=1S/C10H22N2O3/c1-10(2,7-13)12-9(14)8(11)5-4-6-15-3/h8,13H,4-7,11H2,1-3H3,(H,12,14). The molecule has 0 saturated heterocycles. The number of nitrogens with one attached hydrogen (secondary N) is 1. The first kappa shape index (κ1) is 14.3. The van der Waals surface area contributed by atoms with Crippen molar-refractivity contribution in [1.29, 1.82) is 0 Å². The predicted molar refractivity (Wildman–Crippen MR) is 58.4 cm³/mol. The van der Waals surface area contributed by atoms with Crippen LogP contribution in [0.1, 0.15) is 26.7 Å². The van der Waals surface area contributed by atoms with Crippen molar-refractivity contribution in [2.75, 3.05) is 20.3 Å². The van der Waals surface area contributed by atoms with E-state index in [1.165, 1.54) is 0 Å². The average Bonchev–Trinajstić information content (AvgIpc) is 2.17. The van der Waals surface area contributed by atoms with Crippen molar-refractivity contribution in [3.8, 4) is 0 Å². The Balaban J connectivity index is 3.88. The fourth-order valence-corrected chi connectivity index (χ4v) is 1.04. The lowest BCUT2D eigenvalue weighted by atomic mass is 10.1. The second-order valence-electron chi connectivity index (χ2n) is 4.27. The third-order valence-electron chi connectivity index (χ3n) is 2.06. The summed E-state index contributed by atoms with van der Waals surface area (Å²) >= 11 is 0. The fourth-order valence-electron chi connectivity index (χ4n) is 1.04. The molecule has 1 amide bonds. The molecule has 0 aromatic rings. The van der Waals surface area contributed by atoms with Gasteiger partial charge in [-0.2, -0.15) is 0 Å². The molecule has 0 aliphatic rings. The van der Waals surface area contributed by atoms with Gasteiger partial charge in [-0.1, -0.05) is 0 Å². The van der Waals surface area contributed by atoms with Gasteiger partial charge in [-0.05, 0) is 26.7 Å². The molecule has 0 spiro atoms. The molecular weight excluding hydrogens is 196 g/mol. The van der Waals surface area contributed by atoms with Gasteiger partial charge in [0.25, 0.3) is 0 Å². The van der Waals surface area contributed by atoms with Gasteiger partial charge in [0.2, 0.25) is 5.91 Å². The number of hydrogen-bond acceptors (Lipinski definition) is 4. The summed E-state index contributed by atoms with van der Waals surface area (Å²) in [7, 11) is 1.61. The Bertz CT molecular complexity index is 195. The molecule has 0 aromatic heterocycles. The van der Waals surface area contributed by atoms with Gasteiger partial charge >= 0.3 is 0 Å². The van der Waals surface area contributed by atoms with E-state index < -0.39 is 11.6 Å². The number of aliphatic hydroxyl groups is 1. The molecule has 0 aliphatic heterocycles. The van der Waals surface area contributed by atoms with Gasteiger partial charge < -0.3 is 20.9 Å². The molecule has 15 heavy (non-hydrogen) atoms. The van der Waals surface area contributed by atoms with Gasteiger partial charge in [0.05, 0.1) is 18.2 Å². The van der Waals surface area contributed by atoms with Gasteiger partial charge in [-0.3, -0.25) is 4.79 Å². The van der Waals surface area contributed by atoms with Crippen LogP contribution in [-0.2, 0) is 9.53 Å². The summed E-state index contributed by atoms with van der Waals surface area (Å²) in [5, 5.41) is 11.6. The first-order chi connectivity index (χ1) is 6.93. The minimum Gasteiger partial charge on any atom is -0.394 e. The largest absolute Gasteiger partial charge is 0.394 e. The van der Waals surface area contributed by atoms with Crippen LogP contribution in [0.3, 0.4) is 0 Å². The number of hydrogen-bond donors (Lipinski definition) is 3.